The Morgan fingerprint density at radius 2 is 2.06 bits per heavy atom. The van der Waals surface area contributed by atoms with Crippen LogP contribution in [-0.4, -0.2) is 23.0 Å². The zero-order valence-corrected chi connectivity index (χ0v) is 8.96. The Kier molecular flexibility index (Phi) is 3.74. The van der Waals surface area contributed by atoms with Gasteiger partial charge in [-0.1, -0.05) is 22.8 Å². The Labute approximate surface area is 98.9 Å². The van der Waals surface area contributed by atoms with Crippen LogP contribution < -0.4 is 0 Å². The van der Waals surface area contributed by atoms with Gasteiger partial charge in [-0.15, -0.1) is 0 Å². The van der Waals surface area contributed by atoms with Crippen LogP contribution in [0.25, 0.3) is 0 Å². The summed E-state index contributed by atoms with van der Waals surface area (Å²) in [5, 5.41) is 11.0. The van der Waals surface area contributed by atoms with Gasteiger partial charge in [0.1, 0.15) is 0 Å². The molecule has 0 unspecified atom stereocenters. The molecule has 1 aromatic carbocycles. The van der Waals surface area contributed by atoms with Gasteiger partial charge >= 0.3 is 12.1 Å². The molecule has 0 atom stereocenters. The first kappa shape index (κ1) is 13.5. The summed E-state index contributed by atoms with van der Waals surface area (Å²) in [5.41, 5.74) is -2.13. The summed E-state index contributed by atoms with van der Waals surface area (Å²) in [6, 6.07) is 2.82. The zero-order valence-electron chi connectivity index (χ0n) is 8.20. The van der Waals surface area contributed by atoms with Gasteiger partial charge in [0.25, 0.3) is 0 Å². The molecule has 0 saturated carbocycles. The van der Waals surface area contributed by atoms with Gasteiger partial charge in [-0.2, -0.15) is 18.3 Å². The van der Waals surface area contributed by atoms with E-state index < -0.39 is 28.2 Å². The minimum Gasteiger partial charge on any atom is -0.265 e. The van der Waals surface area contributed by atoms with Crippen LogP contribution in [0.4, 0.5) is 13.2 Å². The fourth-order valence-electron chi connectivity index (χ4n) is 1.14. The second-order valence-corrected chi connectivity index (χ2v) is 3.30. The molecule has 0 heterocycles. The number of hydrogen-bond acceptors (Lipinski definition) is 3. The van der Waals surface area contributed by atoms with Gasteiger partial charge in [-0.3, -0.25) is 10.0 Å². The molecule has 1 rings (SSSR count). The van der Waals surface area contributed by atoms with Crippen LogP contribution in [0.15, 0.2) is 23.3 Å². The molecule has 0 fully saturated rings. The third-order valence-electron chi connectivity index (χ3n) is 1.85. The summed E-state index contributed by atoms with van der Waals surface area (Å²) in [4.78, 5) is 11.4. The van der Waals surface area contributed by atoms with E-state index in [1.165, 1.54) is 0 Å². The van der Waals surface area contributed by atoms with E-state index in [4.69, 9.17) is 16.8 Å². The first-order valence-electron chi connectivity index (χ1n) is 4.14. The van der Waals surface area contributed by atoms with Crippen molar-refractivity contribution in [2.24, 2.45) is 5.10 Å². The van der Waals surface area contributed by atoms with Crippen molar-refractivity contribution in [1.29, 1.82) is 0 Å². The molecule has 0 aliphatic carbocycles. The molecular formula is C9H6ClF3N2O2. The molecule has 17 heavy (non-hydrogen) atoms. The molecule has 8 heteroatoms. The number of hydrogen-bond donors (Lipinski definition) is 1. The van der Waals surface area contributed by atoms with Crippen LogP contribution in [0.3, 0.4) is 0 Å². The van der Waals surface area contributed by atoms with Crippen LogP contribution in [0.1, 0.15) is 15.9 Å². The predicted molar refractivity (Wildman–Crippen MR) is 54.0 cm³/mol. The highest BCUT2D eigenvalue weighted by Gasteiger charge is 2.37. The third kappa shape index (κ3) is 2.75. The van der Waals surface area contributed by atoms with Crippen molar-refractivity contribution >= 4 is 24.2 Å². The average Bonchev–Trinajstić information content (AvgIpc) is 2.25. The van der Waals surface area contributed by atoms with E-state index in [0.717, 1.165) is 12.1 Å². The summed E-state index contributed by atoms with van der Waals surface area (Å²) in [5.74, 6) is -1.40. The second-order valence-electron chi connectivity index (χ2n) is 2.90. The maximum absolute atomic E-state index is 12.6. The van der Waals surface area contributed by atoms with Crippen molar-refractivity contribution < 1.29 is 23.2 Å². The summed E-state index contributed by atoms with van der Waals surface area (Å²) in [6.45, 7) is 2.81. The number of carbonyl (C=O) groups excluding carboxylic acids is 1. The number of amides is 1. The summed E-state index contributed by atoms with van der Waals surface area (Å²) < 4.78 is 37.8. The number of benzene rings is 1. The maximum atomic E-state index is 12.6. The smallest absolute Gasteiger partial charge is 0.265 e. The molecule has 0 saturated heterocycles. The SMILES string of the molecule is C=NN(O)C(=O)c1c(Cl)cccc1C(F)(F)F. The van der Waals surface area contributed by atoms with E-state index in [9.17, 15) is 18.0 Å². The number of halogens is 4. The Morgan fingerprint density at radius 1 is 1.47 bits per heavy atom. The molecular weight excluding hydrogens is 261 g/mol. The Hall–Kier alpha value is -1.60. The van der Waals surface area contributed by atoms with E-state index in [0.29, 0.717) is 6.07 Å². The Morgan fingerprint density at radius 3 is 2.53 bits per heavy atom. The first-order chi connectivity index (χ1) is 7.79. The second kappa shape index (κ2) is 4.72. The largest absolute Gasteiger partial charge is 0.417 e. The van der Waals surface area contributed by atoms with E-state index in [2.05, 4.69) is 11.8 Å². The van der Waals surface area contributed by atoms with Gasteiger partial charge in [-0.25, -0.2) is 0 Å². The molecule has 0 spiro atoms. The van der Waals surface area contributed by atoms with Crippen molar-refractivity contribution in [2.45, 2.75) is 6.18 Å². The average molecular weight is 267 g/mol. The highest BCUT2D eigenvalue weighted by molar-refractivity contribution is 6.34. The lowest BCUT2D eigenvalue weighted by atomic mass is 10.1. The van der Waals surface area contributed by atoms with Gasteiger partial charge in [-0.05, 0) is 12.1 Å². The van der Waals surface area contributed by atoms with Crippen molar-refractivity contribution in [3.8, 4) is 0 Å². The molecule has 0 aliphatic heterocycles. The lowest BCUT2D eigenvalue weighted by molar-refractivity contribution is -0.138. The Balaban J connectivity index is 3.41. The lowest BCUT2D eigenvalue weighted by Gasteiger charge is -2.15. The highest BCUT2D eigenvalue weighted by Crippen LogP contribution is 2.35. The number of nitrogens with zero attached hydrogens (tertiary/aromatic N) is 2. The number of hydroxylamine groups is 1. The molecule has 1 aromatic rings. The van der Waals surface area contributed by atoms with Crippen molar-refractivity contribution in [3.63, 3.8) is 0 Å². The molecule has 1 N–H and O–H groups in total. The fourth-order valence-corrected chi connectivity index (χ4v) is 1.40. The zero-order chi connectivity index (χ0) is 13.2. The lowest BCUT2D eigenvalue weighted by Crippen LogP contribution is -2.25. The Bertz CT molecular complexity index is 462. The highest BCUT2D eigenvalue weighted by atomic mass is 35.5. The van der Waals surface area contributed by atoms with Gasteiger partial charge < -0.3 is 0 Å². The van der Waals surface area contributed by atoms with Crippen LogP contribution in [0.5, 0.6) is 0 Å². The van der Waals surface area contributed by atoms with E-state index >= 15 is 0 Å². The van der Waals surface area contributed by atoms with E-state index in [1.54, 1.807) is 0 Å². The van der Waals surface area contributed by atoms with E-state index in [-0.39, 0.29) is 5.17 Å². The van der Waals surface area contributed by atoms with Gasteiger partial charge in [0, 0.05) is 6.72 Å². The topological polar surface area (TPSA) is 52.9 Å². The summed E-state index contributed by atoms with van der Waals surface area (Å²) in [6.07, 6.45) is -4.77. The van der Waals surface area contributed by atoms with Crippen molar-refractivity contribution in [2.75, 3.05) is 0 Å². The molecule has 92 valence electrons. The molecule has 0 aromatic heterocycles. The normalized spacial score (nSPS) is 11.1. The number of hydrazone groups is 1. The van der Waals surface area contributed by atoms with Crippen molar-refractivity contribution in [1.82, 2.24) is 5.17 Å². The summed E-state index contributed by atoms with van der Waals surface area (Å²) >= 11 is 5.51. The van der Waals surface area contributed by atoms with Gasteiger partial charge in [0.2, 0.25) is 0 Å². The monoisotopic (exact) mass is 266 g/mol. The molecule has 0 radical (unpaired) electrons. The van der Waals surface area contributed by atoms with Crippen LogP contribution >= 0.6 is 11.6 Å². The number of carbonyl (C=O) groups is 1. The van der Waals surface area contributed by atoms with E-state index in [1.807, 2.05) is 0 Å². The van der Waals surface area contributed by atoms with Gasteiger partial charge in [0.05, 0.1) is 16.1 Å². The standard InChI is InChI=1S/C9H6ClF3N2O2/c1-14-15(17)8(16)7-5(9(11,12)13)3-2-4-6(7)10/h2-4,17H,1H2. The quantitative estimate of drug-likeness (QED) is 0.508. The molecule has 1 amide bonds. The minimum atomic E-state index is -4.77. The molecule has 4 nitrogen and oxygen atoms in total. The fraction of sp³-hybridized carbons (Fsp3) is 0.111. The first-order valence-corrected chi connectivity index (χ1v) is 4.52. The maximum Gasteiger partial charge on any atom is 0.417 e. The van der Waals surface area contributed by atoms with Gasteiger partial charge in [0.15, 0.2) is 0 Å². The minimum absolute atomic E-state index is 0.309. The number of alkyl halides is 3. The summed E-state index contributed by atoms with van der Waals surface area (Å²) in [7, 11) is 0. The molecule has 0 bridgehead atoms. The van der Waals surface area contributed by atoms with Crippen LogP contribution in [0, 0.1) is 0 Å². The van der Waals surface area contributed by atoms with Crippen molar-refractivity contribution in [3.05, 3.63) is 34.3 Å². The number of rotatable bonds is 2. The molecule has 0 aliphatic rings. The van der Waals surface area contributed by atoms with Crippen LogP contribution in [0.2, 0.25) is 5.02 Å². The predicted octanol–water partition coefficient (Wildman–Crippen LogP) is 2.81. The van der Waals surface area contributed by atoms with Crippen LogP contribution in [-0.2, 0) is 6.18 Å². The third-order valence-corrected chi connectivity index (χ3v) is 2.16.